The lowest BCUT2D eigenvalue weighted by molar-refractivity contribution is 0.308. The molecule has 3 aliphatic rings. The van der Waals surface area contributed by atoms with Crippen LogP contribution >= 0.6 is 0 Å². The SMILES string of the molecule is [C+]1=CC=CC=C2C1C=CC21CCCCC1. The molecule has 0 aromatic rings. The lowest BCUT2D eigenvalue weighted by Crippen LogP contribution is -2.23. The quantitative estimate of drug-likeness (QED) is 0.407. The summed E-state index contributed by atoms with van der Waals surface area (Å²) in [7, 11) is 0. The largest absolute Gasteiger partial charge is 0.155 e. The molecular weight excluding hydrogens is 180 g/mol. The maximum absolute atomic E-state index is 3.45. The summed E-state index contributed by atoms with van der Waals surface area (Å²) in [4.78, 5) is 0. The number of allylic oxidation sites excluding steroid dienone is 8. The van der Waals surface area contributed by atoms with Crippen LogP contribution in [0.15, 0.2) is 42.0 Å². The fourth-order valence-corrected chi connectivity index (χ4v) is 3.22. The first-order valence-corrected chi connectivity index (χ1v) is 6.07. The van der Waals surface area contributed by atoms with Crippen LogP contribution < -0.4 is 0 Å². The van der Waals surface area contributed by atoms with Crippen molar-refractivity contribution in [1.82, 2.24) is 0 Å². The Balaban J connectivity index is 1.98. The summed E-state index contributed by atoms with van der Waals surface area (Å²) in [5.74, 6) is 0.457. The van der Waals surface area contributed by atoms with Gasteiger partial charge in [0.2, 0.25) is 0 Å². The Morgan fingerprint density at radius 2 is 2.00 bits per heavy atom. The van der Waals surface area contributed by atoms with Gasteiger partial charge in [-0.05, 0) is 30.6 Å². The minimum absolute atomic E-state index is 0.401. The summed E-state index contributed by atoms with van der Waals surface area (Å²) in [6.45, 7) is 0. The Labute approximate surface area is 92.1 Å². The van der Waals surface area contributed by atoms with Gasteiger partial charge in [0.05, 0.1) is 12.2 Å². The van der Waals surface area contributed by atoms with Crippen LogP contribution in [0.1, 0.15) is 32.1 Å². The molecule has 0 heteroatoms. The van der Waals surface area contributed by atoms with E-state index >= 15 is 0 Å². The summed E-state index contributed by atoms with van der Waals surface area (Å²) in [6, 6.07) is 0. The summed E-state index contributed by atoms with van der Waals surface area (Å²) in [5, 5.41) is 0. The molecule has 0 aromatic carbocycles. The van der Waals surface area contributed by atoms with Crippen LogP contribution in [-0.2, 0) is 0 Å². The van der Waals surface area contributed by atoms with Crippen molar-refractivity contribution in [2.45, 2.75) is 32.1 Å². The van der Waals surface area contributed by atoms with Gasteiger partial charge in [-0.1, -0.05) is 25.3 Å². The third kappa shape index (κ3) is 1.41. The maximum Gasteiger partial charge on any atom is 0.155 e. The Kier molecular flexibility index (Phi) is 2.11. The van der Waals surface area contributed by atoms with E-state index in [2.05, 4.69) is 42.5 Å². The molecule has 1 atom stereocenters. The molecule has 1 fully saturated rings. The summed E-state index contributed by atoms with van der Waals surface area (Å²) < 4.78 is 0. The molecule has 1 unspecified atom stereocenters. The molecule has 0 radical (unpaired) electrons. The van der Waals surface area contributed by atoms with Crippen molar-refractivity contribution in [3.63, 3.8) is 0 Å². The molecule has 3 aliphatic carbocycles. The molecule has 15 heavy (non-hydrogen) atoms. The molecule has 0 aromatic heterocycles. The molecule has 0 saturated heterocycles. The van der Waals surface area contributed by atoms with Gasteiger partial charge in [-0.15, -0.1) is 0 Å². The van der Waals surface area contributed by atoms with Gasteiger partial charge in [-0.25, -0.2) is 0 Å². The molecule has 1 spiro atoms. The average molecular weight is 197 g/mol. The Bertz CT molecular complexity index is 359. The Hall–Kier alpha value is -1.13. The molecule has 0 nitrogen and oxygen atoms in total. The van der Waals surface area contributed by atoms with Crippen molar-refractivity contribution in [3.8, 4) is 0 Å². The van der Waals surface area contributed by atoms with E-state index in [-0.39, 0.29) is 0 Å². The van der Waals surface area contributed by atoms with E-state index in [0.717, 1.165) is 0 Å². The second-order valence-electron chi connectivity index (χ2n) is 4.89. The van der Waals surface area contributed by atoms with Gasteiger partial charge in [0.25, 0.3) is 0 Å². The van der Waals surface area contributed by atoms with Gasteiger partial charge in [0.15, 0.2) is 6.08 Å². The first-order valence-electron chi connectivity index (χ1n) is 6.07. The van der Waals surface area contributed by atoms with E-state index < -0.39 is 0 Å². The minimum Gasteiger partial charge on any atom is -0.0747 e. The number of hydrogen-bond donors (Lipinski definition) is 0. The van der Waals surface area contributed by atoms with Crippen LogP contribution in [0.2, 0.25) is 0 Å². The zero-order valence-corrected chi connectivity index (χ0v) is 9.08. The highest BCUT2D eigenvalue weighted by molar-refractivity contribution is 5.41. The standard InChI is InChI=1S/C15H17/c1-3-7-13-9-12-15(14(13)8-4-1)10-5-2-6-11-15/h1,3-4,8-9,12-13H,2,5-6,10-11H2/q+1. The molecule has 0 heterocycles. The highest BCUT2D eigenvalue weighted by atomic mass is 14.4. The normalized spacial score (nSPS) is 30.9. The predicted molar refractivity (Wildman–Crippen MR) is 63.2 cm³/mol. The number of hydrogen-bond acceptors (Lipinski definition) is 0. The smallest absolute Gasteiger partial charge is 0.0747 e. The van der Waals surface area contributed by atoms with Gasteiger partial charge in [0.1, 0.15) is 5.92 Å². The monoisotopic (exact) mass is 197 g/mol. The number of rotatable bonds is 0. The van der Waals surface area contributed by atoms with Gasteiger partial charge < -0.3 is 0 Å². The molecule has 76 valence electrons. The Morgan fingerprint density at radius 3 is 2.87 bits per heavy atom. The van der Waals surface area contributed by atoms with Crippen LogP contribution in [0.25, 0.3) is 0 Å². The first-order chi connectivity index (χ1) is 7.41. The number of fused-ring (bicyclic) bond motifs is 2. The van der Waals surface area contributed by atoms with Crippen LogP contribution in [0.3, 0.4) is 0 Å². The third-order valence-electron chi connectivity index (χ3n) is 4.02. The molecule has 0 amide bonds. The van der Waals surface area contributed by atoms with Crippen molar-refractivity contribution >= 4 is 0 Å². The lowest BCUT2D eigenvalue weighted by Gasteiger charge is -2.33. The summed E-state index contributed by atoms with van der Waals surface area (Å²) in [5.41, 5.74) is 1.99. The molecular formula is C15H17+. The van der Waals surface area contributed by atoms with Gasteiger partial charge in [-0.2, -0.15) is 0 Å². The molecule has 0 bridgehead atoms. The van der Waals surface area contributed by atoms with E-state index in [4.69, 9.17) is 0 Å². The van der Waals surface area contributed by atoms with Crippen molar-refractivity contribution in [2.75, 3.05) is 0 Å². The molecule has 1 saturated carbocycles. The zero-order valence-electron chi connectivity index (χ0n) is 9.08. The van der Waals surface area contributed by atoms with Crippen molar-refractivity contribution in [2.24, 2.45) is 11.3 Å². The maximum atomic E-state index is 3.45. The van der Waals surface area contributed by atoms with E-state index in [1.165, 1.54) is 32.1 Å². The zero-order chi connectivity index (χ0) is 10.1. The third-order valence-corrected chi connectivity index (χ3v) is 4.02. The van der Waals surface area contributed by atoms with Crippen LogP contribution in [-0.4, -0.2) is 0 Å². The van der Waals surface area contributed by atoms with E-state index in [0.29, 0.717) is 11.3 Å². The fraction of sp³-hybridized carbons (Fsp3) is 0.467. The fourth-order valence-electron chi connectivity index (χ4n) is 3.22. The van der Waals surface area contributed by atoms with Gasteiger partial charge >= 0.3 is 0 Å². The van der Waals surface area contributed by atoms with Gasteiger partial charge in [0, 0.05) is 11.5 Å². The second kappa shape index (κ2) is 3.47. The lowest BCUT2D eigenvalue weighted by atomic mass is 9.69. The van der Waals surface area contributed by atoms with Crippen molar-refractivity contribution < 1.29 is 0 Å². The minimum atomic E-state index is 0.401. The summed E-state index contributed by atoms with van der Waals surface area (Å²) in [6.07, 6.45) is 23.8. The molecule has 0 N–H and O–H groups in total. The Morgan fingerprint density at radius 1 is 1.13 bits per heavy atom. The highest BCUT2D eigenvalue weighted by Gasteiger charge is 2.41. The predicted octanol–water partition coefficient (Wildman–Crippen LogP) is 3.98. The first kappa shape index (κ1) is 9.12. The molecule has 3 rings (SSSR count). The highest BCUT2D eigenvalue weighted by Crippen LogP contribution is 2.51. The van der Waals surface area contributed by atoms with Crippen molar-refractivity contribution in [1.29, 1.82) is 0 Å². The van der Waals surface area contributed by atoms with Crippen LogP contribution in [0, 0.1) is 17.4 Å². The van der Waals surface area contributed by atoms with E-state index in [1.54, 1.807) is 5.57 Å². The van der Waals surface area contributed by atoms with Crippen LogP contribution in [0.5, 0.6) is 0 Å². The van der Waals surface area contributed by atoms with Crippen LogP contribution in [0.4, 0.5) is 0 Å². The summed E-state index contributed by atoms with van der Waals surface area (Å²) >= 11 is 0. The van der Waals surface area contributed by atoms with Crippen molar-refractivity contribution in [3.05, 3.63) is 48.1 Å². The van der Waals surface area contributed by atoms with Gasteiger partial charge in [-0.3, -0.25) is 0 Å². The average Bonchev–Trinajstić information content (AvgIpc) is 2.51. The van der Waals surface area contributed by atoms with E-state index in [9.17, 15) is 0 Å². The molecule has 0 aliphatic heterocycles. The second-order valence-corrected chi connectivity index (χ2v) is 4.89. The topological polar surface area (TPSA) is 0 Å². The van der Waals surface area contributed by atoms with E-state index in [1.807, 2.05) is 0 Å².